The molecule has 0 radical (unpaired) electrons. The quantitative estimate of drug-likeness (QED) is 0.352. The maximum absolute atomic E-state index is 12.3. The van der Waals surface area contributed by atoms with E-state index in [1.54, 1.807) is 36.9 Å². The van der Waals surface area contributed by atoms with Crippen molar-refractivity contribution in [1.29, 1.82) is 0 Å². The molecule has 0 spiro atoms. The highest BCUT2D eigenvalue weighted by Gasteiger charge is 2.29. The van der Waals surface area contributed by atoms with E-state index in [0.29, 0.717) is 21.9 Å². The first-order valence-electron chi connectivity index (χ1n) is 11.4. The minimum absolute atomic E-state index is 0.0789. The fraction of sp³-hybridized carbons (Fsp3) is 0.364. The molecule has 2 amide bonds. The minimum Gasteiger partial charge on any atom is -0.300 e. The highest BCUT2D eigenvalue weighted by molar-refractivity contribution is 7.15. The second-order valence-electron chi connectivity index (χ2n) is 8.23. The van der Waals surface area contributed by atoms with Crippen LogP contribution in [-0.4, -0.2) is 52.1 Å². The van der Waals surface area contributed by atoms with E-state index in [1.807, 2.05) is 0 Å². The van der Waals surface area contributed by atoms with Crippen LogP contribution < -0.4 is 10.6 Å². The number of aromatic nitrogens is 8. The molecule has 36 heavy (non-hydrogen) atoms. The van der Waals surface area contributed by atoms with Gasteiger partial charge in [-0.25, -0.2) is 19.9 Å². The lowest BCUT2D eigenvalue weighted by molar-refractivity contribution is -0.116. The maximum atomic E-state index is 12.3. The molecule has 0 aromatic carbocycles. The van der Waals surface area contributed by atoms with Gasteiger partial charge in [0.2, 0.25) is 22.1 Å². The third-order valence-corrected chi connectivity index (χ3v) is 7.62. The van der Waals surface area contributed by atoms with Crippen LogP contribution in [0.1, 0.15) is 59.2 Å². The van der Waals surface area contributed by atoms with Gasteiger partial charge < -0.3 is 10.6 Å². The van der Waals surface area contributed by atoms with Crippen LogP contribution in [0.15, 0.2) is 36.9 Å². The van der Waals surface area contributed by atoms with E-state index in [0.717, 1.165) is 35.7 Å². The van der Waals surface area contributed by atoms with Gasteiger partial charge >= 0.3 is 0 Å². The van der Waals surface area contributed by atoms with Crippen LogP contribution in [-0.2, 0) is 22.4 Å². The molecule has 2 atom stereocenters. The molecule has 12 nitrogen and oxygen atoms in total. The molecule has 1 fully saturated rings. The van der Waals surface area contributed by atoms with E-state index in [2.05, 4.69) is 51.0 Å². The molecule has 4 aromatic rings. The van der Waals surface area contributed by atoms with Crippen LogP contribution in [0.4, 0.5) is 10.3 Å². The average Bonchev–Trinajstić information content (AvgIpc) is 3.55. The highest BCUT2D eigenvalue weighted by atomic mass is 32.1. The number of carbonyl (C=O) groups excluding carboxylic acids is 2. The Kier molecular flexibility index (Phi) is 7.52. The van der Waals surface area contributed by atoms with Crippen LogP contribution >= 0.6 is 22.7 Å². The summed E-state index contributed by atoms with van der Waals surface area (Å²) in [6.07, 6.45) is 10.5. The molecule has 0 aliphatic heterocycles. The van der Waals surface area contributed by atoms with Crippen LogP contribution in [0, 0.1) is 0 Å². The molecule has 0 saturated heterocycles. The molecule has 0 bridgehead atoms. The Morgan fingerprint density at radius 2 is 1.17 bits per heavy atom. The lowest BCUT2D eigenvalue weighted by Gasteiger charge is -2.25. The van der Waals surface area contributed by atoms with Crippen molar-refractivity contribution < 1.29 is 9.59 Å². The highest BCUT2D eigenvalue weighted by Crippen LogP contribution is 2.43. The van der Waals surface area contributed by atoms with E-state index in [-0.39, 0.29) is 36.5 Å². The predicted octanol–water partition coefficient (Wildman–Crippen LogP) is 2.77. The SMILES string of the molecule is O=C(Cc1ncccn1)Nc1nnc([C@H]2CCC[C@H](c3nnc(NC(=O)Cc4ncccn4)s3)C2)s1. The molecule has 4 heterocycles. The molecule has 184 valence electrons. The van der Waals surface area contributed by atoms with Crippen molar-refractivity contribution in [3.63, 3.8) is 0 Å². The van der Waals surface area contributed by atoms with Gasteiger partial charge in [-0.2, -0.15) is 0 Å². The summed E-state index contributed by atoms with van der Waals surface area (Å²) >= 11 is 2.79. The van der Waals surface area contributed by atoms with Gasteiger partial charge in [0.25, 0.3) is 0 Å². The Labute approximate surface area is 214 Å². The molecule has 2 N–H and O–H groups in total. The van der Waals surface area contributed by atoms with Gasteiger partial charge in [-0.3, -0.25) is 9.59 Å². The monoisotopic (exact) mass is 522 g/mol. The van der Waals surface area contributed by atoms with E-state index < -0.39 is 0 Å². The zero-order valence-corrected chi connectivity index (χ0v) is 20.7. The van der Waals surface area contributed by atoms with Crippen molar-refractivity contribution >= 4 is 44.8 Å². The summed E-state index contributed by atoms with van der Waals surface area (Å²) in [4.78, 5) is 40.8. The van der Waals surface area contributed by atoms with Crippen LogP contribution in [0.5, 0.6) is 0 Å². The molecular weight excluding hydrogens is 500 g/mol. The van der Waals surface area contributed by atoms with E-state index in [1.165, 1.54) is 22.7 Å². The van der Waals surface area contributed by atoms with Crippen LogP contribution in [0.2, 0.25) is 0 Å². The zero-order chi connectivity index (χ0) is 24.7. The summed E-state index contributed by atoms with van der Waals surface area (Å²) in [6, 6.07) is 3.41. The van der Waals surface area contributed by atoms with Crippen LogP contribution in [0.25, 0.3) is 0 Å². The standard InChI is InChI=1S/C22H22N10O2S2/c33-17(11-15-23-6-2-7-24-15)27-21-31-29-19(35-21)13-4-1-5-14(10-13)20-30-32-22(36-20)28-18(34)12-16-25-8-3-9-26-16/h2-3,6-9,13-14H,1,4-5,10-12H2,(H,27,31,33)(H,28,32,34)/t13-,14-/m0/s1. The Hall–Kier alpha value is -3.78. The van der Waals surface area contributed by atoms with E-state index in [4.69, 9.17) is 0 Å². The fourth-order valence-electron chi connectivity index (χ4n) is 4.00. The van der Waals surface area contributed by atoms with Gasteiger partial charge in [0.1, 0.15) is 21.7 Å². The number of nitrogens with one attached hydrogen (secondary N) is 2. The lowest BCUT2D eigenvalue weighted by atomic mass is 9.82. The van der Waals surface area contributed by atoms with Crippen molar-refractivity contribution in [2.24, 2.45) is 0 Å². The van der Waals surface area contributed by atoms with Crippen molar-refractivity contribution in [3.8, 4) is 0 Å². The lowest BCUT2D eigenvalue weighted by Crippen LogP contribution is -2.15. The number of rotatable bonds is 8. The number of hydrogen-bond acceptors (Lipinski definition) is 12. The van der Waals surface area contributed by atoms with Gasteiger partial charge in [0.15, 0.2) is 0 Å². The number of carbonyl (C=O) groups is 2. The predicted molar refractivity (Wildman–Crippen MR) is 132 cm³/mol. The Morgan fingerprint density at radius 3 is 1.61 bits per heavy atom. The van der Waals surface area contributed by atoms with Gasteiger partial charge in [-0.15, -0.1) is 20.4 Å². The van der Waals surface area contributed by atoms with E-state index >= 15 is 0 Å². The molecule has 4 aromatic heterocycles. The van der Waals surface area contributed by atoms with Gasteiger partial charge in [0, 0.05) is 36.6 Å². The summed E-state index contributed by atoms with van der Waals surface area (Å²) in [5.74, 6) is 0.898. The number of anilines is 2. The topological polar surface area (TPSA) is 161 Å². The van der Waals surface area contributed by atoms with E-state index in [9.17, 15) is 9.59 Å². The Balaban J connectivity index is 1.15. The first-order chi connectivity index (χ1) is 17.6. The molecule has 5 rings (SSSR count). The second-order valence-corrected chi connectivity index (χ2v) is 10.2. The third kappa shape index (κ3) is 6.26. The largest absolute Gasteiger partial charge is 0.300 e. The summed E-state index contributed by atoms with van der Waals surface area (Å²) in [5, 5.41) is 25.3. The number of nitrogens with zero attached hydrogens (tertiary/aromatic N) is 8. The van der Waals surface area contributed by atoms with Crippen molar-refractivity contribution in [2.45, 2.75) is 50.4 Å². The zero-order valence-electron chi connectivity index (χ0n) is 19.1. The molecule has 0 unspecified atom stereocenters. The summed E-state index contributed by atoms with van der Waals surface area (Å²) in [5.41, 5.74) is 0. The van der Waals surface area contributed by atoms with Crippen molar-refractivity contribution in [3.05, 3.63) is 58.6 Å². The third-order valence-electron chi connectivity index (χ3n) is 5.62. The maximum Gasteiger partial charge on any atom is 0.233 e. The first kappa shape index (κ1) is 23.9. The van der Waals surface area contributed by atoms with Crippen molar-refractivity contribution in [1.82, 2.24) is 40.3 Å². The number of hydrogen-bond donors (Lipinski definition) is 2. The fourth-order valence-corrected chi connectivity index (χ4v) is 5.81. The average molecular weight is 523 g/mol. The molecular formula is C22H22N10O2S2. The van der Waals surface area contributed by atoms with Crippen molar-refractivity contribution in [2.75, 3.05) is 10.6 Å². The summed E-state index contributed by atoms with van der Waals surface area (Å²) in [7, 11) is 0. The number of amides is 2. The Bertz CT molecular complexity index is 1210. The summed E-state index contributed by atoms with van der Waals surface area (Å²) in [6.45, 7) is 0. The second kappa shape index (κ2) is 11.3. The molecule has 1 aliphatic rings. The Morgan fingerprint density at radius 1 is 0.722 bits per heavy atom. The first-order valence-corrected chi connectivity index (χ1v) is 13.0. The van der Waals surface area contributed by atoms with Crippen LogP contribution in [0.3, 0.4) is 0 Å². The van der Waals surface area contributed by atoms with Gasteiger partial charge in [-0.1, -0.05) is 29.1 Å². The summed E-state index contributed by atoms with van der Waals surface area (Å²) < 4.78 is 0. The normalized spacial score (nSPS) is 17.4. The molecule has 14 heteroatoms. The van der Waals surface area contributed by atoms with Gasteiger partial charge in [-0.05, 0) is 31.4 Å². The smallest absolute Gasteiger partial charge is 0.233 e. The molecule has 1 aliphatic carbocycles. The minimum atomic E-state index is -0.229. The van der Waals surface area contributed by atoms with Gasteiger partial charge in [0.05, 0.1) is 12.8 Å². The molecule has 1 saturated carbocycles.